The van der Waals surface area contributed by atoms with Crippen molar-refractivity contribution in [3.63, 3.8) is 0 Å². The Hall–Kier alpha value is -1.63. The fourth-order valence-corrected chi connectivity index (χ4v) is 1.13. The van der Waals surface area contributed by atoms with Crippen LogP contribution in [-0.2, 0) is 16.1 Å². The Morgan fingerprint density at radius 3 is 3.07 bits per heavy atom. The molecule has 7 nitrogen and oxygen atoms in total. The highest BCUT2D eigenvalue weighted by molar-refractivity contribution is 5.75. The van der Waals surface area contributed by atoms with Crippen molar-refractivity contribution >= 4 is 11.7 Å². The summed E-state index contributed by atoms with van der Waals surface area (Å²) in [5, 5.41) is 10.3. The van der Waals surface area contributed by atoms with E-state index in [-0.39, 0.29) is 18.5 Å². The van der Waals surface area contributed by atoms with Crippen molar-refractivity contribution in [2.45, 2.75) is 19.5 Å². The molecule has 0 aromatic carbocycles. The zero-order valence-electron chi connectivity index (χ0n) is 8.80. The number of amides is 1. The van der Waals surface area contributed by atoms with Crippen molar-refractivity contribution in [3.05, 3.63) is 6.20 Å². The number of nitrogens with zero attached hydrogens (tertiary/aromatic N) is 3. The molecule has 0 saturated heterocycles. The lowest BCUT2D eigenvalue weighted by Gasteiger charge is -2.11. The van der Waals surface area contributed by atoms with Crippen LogP contribution in [0.4, 0.5) is 5.82 Å². The first-order valence-electron chi connectivity index (χ1n) is 4.55. The van der Waals surface area contributed by atoms with E-state index in [4.69, 9.17) is 10.5 Å². The van der Waals surface area contributed by atoms with Crippen LogP contribution in [0.25, 0.3) is 0 Å². The van der Waals surface area contributed by atoms with Crippen LogP contribution in [-0.4, -0.2) is 40.7 Å². The molecule has 84 valence electrons. The summed E-state index contributed by atoms with van der Waals surface area (Å²) in [6.45, 7) is 2.39. The van der Waals surface area contributed by atoms with E-state index in [1.54, 1.807) is 7.11 Å². The molecule has 1 atom stereocenters. The first kappa shape index (κ1) is 11.4. The van der Waals surface area contributed by atoms with Crippen LogP contribution in [0, 0.1) is 0 Å². The lowest BCUT2D eigenvalue weighted by molar-refractivity contribution is -0.123. The van der Waals surface area contributed by atoms with Gasteiger partial charge in [0.2, 0.25) is 5.91 Å². The van der Waals surface area contributed by atoms with E-state index in [1.165, 1.54) is 11.0 Å². The minimum absolute atomic E-state index is 0.0320. The number of hydrogen-bond acceptors (Lipinski definition) is 5. The van der Waals surface area contributed by atoms with Gasteiger partial charge in [0.15, 0.2) is 5.82 Å². The highest BCUT2D eigenvalue weighted by Crippen LogP contribution is 1.91. The average molecular weight is 213 g/mol. The minimum Gasteiger partial charge on any atom is -0.383 e. The summed E-state index contributed by atoms with van der Waals surface area (Å²) in [5.74, 6) is 0.128. The molecular formula is C8H15N5O2. The Kier molecular flexibility index (Phi) is 4.04. The molecule has 0 spiro atoms. The van der Waals surface area contributed by atoms with Gasteiger partial charge in [-0.05, 0) is 6.92 Å². The van der Waals surface area contributed by atoms with E-state index in [2.05, 4.69) is 15.5 Å². The fraction of sp³-hybridized carbons (Fsp3) is 0.625. The molecule has 0 aliphatic rings. The van der Waals surface area contributed by atoms with Gasteiger partial charge in [0.25, 0.3) is 0 Å². The molecule has 0 saturated carbocycles. The van der Waals surface area contributed by atoms with E-state index in [0.29, 0.717) is 12.4 Å². The molecule has 0 radical (unpaired) electrons. The smallest absolute Gasteiger partial charge is 0.243 e. The molecule has 0 bridgehead atoms. The third kappa shape index (κ3) is 3.94. The van der Waals surface area contributed by atoms with Gasteiger partial charge < -0.3 is 15.8 Å². The summed E-state index contributed by atoms with van der Waals surface area (Å²) in [4.78, 5) is 12.6. The van der Waals surface area contributed by atoms with E-state index >= 15 is 0 Å². The molecule has 1 amide bonds. The topological polar surface area (TPSA) is 95.1 Å². The molecule has 3 N–H and O–H groups in total. The van der Waals surface area contributed by atoms with Crippen molar-refractivity contribution in [2.75, 3.05) is 19.5 Å². The number of carbonyl (C=O) groups is 1. The highest BCUT2D eigenvalue weighted by Gasteiger charge is 2.08. The monoisotopic (exact) mass is 213 g/mol. The van der Waals surface area contributed by atoms with E-state index in [9.17, 15) is 4.79 Å². The Labute approximate surface area is 87.6 Å². The second-order valence-corrected chi connectivity index (χ2v) is 3.22. The predicted octanol–water partition coefficient (Wildman–Crippen LogP) is -0.989. The van der Waals surface area contributed by atoms with Crippen molar-refractivity contribution in [2.24, 2.45) is 0 Å². The molecule has 0 fully saturated rings. The van der Waals surface area contributed by atoms with Crippen LogP contribution < -0.4 is 11.1 Å². The first-order chi connectivity index (χ1) is 7.11. The number of nitrogens with two attached hydrogens (primary N) is 1. The first-order valence-corrected chi connectivity index (χ1v) is 4.55. The molecular weight excluding hydrogens is 198 g/mol. The average Bonchev–Trinajstić information content (AvgIpc) is 2.51. The number of nitrogens with one attached hydrogen (secondary N) is 1. The number of rotatable bonds is 5. The molecule has 1 unspecified atom stereocenters. The van der Waals surface area contributed by atoms with Crippen molar-refractivity contribution in [3.8, 4) is 0 Å². The third-order valence-electron chi connectivity index (χ3n) is 1.66. The number of nitrogen functional groups attached to an aromatic ring is 1. The van der Waals surface area contributed by atoms with Gasteiger partial charge in [-0.15, -0.1) is 5.10 Å². The van der Waals surface area contributed by atoms with E-state index in [0.717, 1.165) is 0 Å². The van der Waals surface area contributed by atoms with Gasteiger partial charge in [0.1, 0.15) is 6.54 Å². The Morgan fingerprint density at radius 1 is 1.80 bits per heavy atom. The molecule has 1 heterocycles. The molecule has 0 aliphatic heterocycles. The Bertz CT molecular complexity index is 325. The standard InChI is InChI=1S/C8H15N5O2/c1-6(5-15-2)11-8(14)4-13-10-3-7(9)12-13/h3,6H,4-5H2,1-2H3,(H2,9,12)(H,11,14). The molecule has 1 rings (SSSR count). The maximum atomic E-state index is 11.4. The van der Waals surface area contributed by atoms with Gasteiger partial charge in [0.05, 0.1) is 12.8 Å². The Balaban J connectivity index is 2.36. The zero-order valence-corrected chi connectivity index (χ0v) is 8.80. The van der Waals surface area contributed by atoms with Crippen molar-refractivity contribution < 1.29 is 9.53 Å². The highest BCUT2D eigenvalue weighted by atomic mass is 16.5. The number of aromatic nitrogens is 3. The summed E-state index contributed by atoms with van der Waals surface area (Å²) in [6, 6.07) is -0.0320. The quantitative estimate of drug-likeness (QED) is 0.655. The van der Waals surface area contributed by atoms with Gasteiger partial charge in [0, 0.05) is 13.2 Å². The maximum Gasteiger partial charge on any atom is 0.243 e. The summed E-state index contributed by atoms with van der Waals surface area (Å²) in [7, 11) is 1.58. The molecule has 1 aromatic heterocycles. The second kappa shape index (κ2) is 5.30. The second-order valence-electron chi connectivity index (χ2n) is 3.22. The van der Waals surface area contributed by atoms with Crippen LogP contribution in [0.15, 0.2) is 6.20 Å². The van der Waals surface area contributed by atoms with Crippen LogP contribution in [0.2, 0.25) is 0 Å². The molecule has 1 aromatic rings. The van der Waals surface area contributed by atoms with Crippen molar-refractivity contribution in [1.82, 2.24) is 20.3 Å². The van der Waals surface area contributed by atoms with Crippen LogP contribution >= 0.6 is 0 Å². The van der Waals surface area contributed by atoms with Crippen LogP contribution in [0.5, 0.6) is 0 Å². The zero-order chi connectivity index (χ0) is 11.3. The molecule has 7 heteroatoms. The number of hydrogen-bond donors (Lipinski definition) is 2. The van der Waals surface area contributed by atoms with Crippen LogP contribution in [0.3, 0.4) is 0 Å². The van der Waals surface area contributed by atoms with Gasteiger partial charge in [-0.1, -0.05) is 0 Å². The van der Waals surface area contributed by atoms with Gasteiger partial charge in [-0.25, -0.2) is 0 Å². The van der Waals surface area contributed by atoms with E-state index < -0.39 is 0 Å². The lowest BCUT2D eigenvalue weighted by Crippen LogP contribution is -2.38. The number of ether oxygens (including phenoxy) is 1. The normalized spacial score (nSPS) is 12.4. The largest absolute Gasteiger partial charge is 0.383 e. The lowest BCUT2D eigenvalue weighted by atomic mass is 10.3. The number of anilines is 1. The van der Waals surface area contributed by atoms with Crippen LogP contribution in [0.1, 0.15) is 6.92 Å². The predicted molar refractivity (Wildman–Crippen MR) is 53.9 cm³/mol. The van der Waals surface area contributed by atoms with Crippen molar-refractivity contribution in [1.29, 1.82) is 0 Å². The van der Waals surface area contributed by atoms with Gasteiger partial charge >= 0.3 is 0 Å². The third-order valence-corrected chi connectivity index (χ3v) is 1.66. The maximum absolute atomic E-state index is 11.4. The summed E-state index contributed by atoms with van der Waals surface area (Å²) in [5.41, 5.74) is 5.36. The summed E-state index contributed by atoms with van der Waals surface area (Å²) in [6.07, 6.45) is 1.39. The molecule has 0 aliphatic carbocycles. The molecule has 15 heavy (non-hydrogen) atoms. The number of carbonyl (C=O) groups excluding carboxylic acids is 1. The van der Waals surface area contributed by atoms with Gasteiger partial charge in [-0.2, -0.15) is 9.90 Å². The fourth-order valence-electron chi connectivity index (χ4n) is 1.13. The number of methoxy groups -OCH3 is 1. The minimum atomic E-state index is -0.171. The van der Waals surface area contributed by atoms with E-state index in [1.807, 2.05) is 6.92 Å². The van der Waals surface area contributed by atoms with Gasteiger partial charge in [-0.3, -0.25) is 4.79 Å². The Morgan fingerprint density at radius 2 is 2.53 bits per heavy atom. The summed E-state index contributed by atoms with van der Waals surface area (Å²) < 4.78 is 4.89. The SMILES string of the molecule is COCC(C)NC(=O)Cn1ncc(N)n1. The summed E-state index contributed by atoms with van der Waals surface area (Å²) >= 11 is 0.